The van der Waals surface area contributed by atoms with Gasteiger partial charge in [0, 0.05) is 37.2 Å². The highest BCUT2D eigenvalue weighted by Crippen LogP contribution is 2.34. The molecule has 1 fully saturated rings. The van der Waals surface area contributed by atoms with E-state index in [2.05, 4.69) is 36.2 Å². The summed E-state index contributed by atoms with van der Waals surface area (Å²) in [6.07, 6.45) is 3.71. The molecule has 2 nitrogen and oxygen atoms in total. The topological polar surface area (TPSA) is 15.3 Å². The van der Waals surface area contributed by atoms with Crippen molar-refractivity contribution < 1.29 is 0 Å². The lowest BCUT2D eigenvalue weighted by atomic mass is 9.95. The van der Waals surface area contributed by atoms with E-state index in [9.17, 15) is 0 Å². The van der Waals surface area contributed by atoms with Crippen LogP contribution in [0.1, 0.15) is 43.4 Å². The van der Waals surface area contributed by atoms with E-state index in [1.807, 2.05) is 6.07 Å². The molecule has 0 aliphatic carbocycles. The summed E-state index contributed by atoms with van der Waals surface area (Å²) >= 11 is 6.48. The molecule has 1 saturated heterocycles. The third-order valence-corrected chi connectivity index (χ3v) is 4.36. The zero-order chi connectivity index (χ0) is 13.7. The maximum atomic E-state index is 6.48. The molecule has 0 bridgehead atoms. The Morgan fingerprint density at radius 1 is 1.24 bits per heavy atom. The van der Waals surface area contributed by atoms with Crippen LogP contribution in [0.3, 0.4) is 0 Å². The molecule has 0 amide bonds. The van der Waals surface area contributed by atoms with Crippen LogP contribution >= 0.6 is 36.4 Å². The molecule has 21 heavy (non-hydrogen) atoms. The van der Waals surface area contributed by atoms with Crippen molar-refractivity contribution in [2.24, 2.45) is 0 Å². The fraction of sp³-hybridized carbons (Fsp3) is 0.625. The number of piperazine rings is 1. The average molecular weight is 354 g/mol. The number of benzene rings is 1. The van der Waals surface area contributed by atoms with E-state index >= 15 is 0 Å². The van der Waals surface area contributed by atoms with Gasteiger partial charge in [0.2, 0.25) is 0 Å². The van der Waals surface area contributed by atoms with Gasteiger partial charge in [0.15, 0.2) is 0 Å². The van der Waals surface area contributed by atoms with Crippen LogP contribution in [-0.2, 0) is 0 Å². The molecule has 5 heteroatoms. The maximum absolute atomic E-state index is 6.48. The lowest BCUT2D eigenvalue weighted by Crippen LogP contribution is -2.45. The summed E-state index contributed by atoms with van der Waals surface area (Å²) in [5, 5.41) is 4.36. The van der Waals surface area contributed by atoms with Crippen LogP contribution in [0.5, 0.6) is 0 Å². The van der Waals surface area contributed by atoms with E-state index in [4.69, 9.17) is 11.6 Å². The molecule has 1 heterocycles. The van der Waals surface area contributed by atoms with Crippen LogP contribution in [0.15, 0.2) is 18.2 Å². The minimum Gasteiger partial charge on any atom is -0.314 e. The SMILES string of the molecule is CCCC[C@@H](c1c(C)cccc1Cl)N1CCNCC1.Cl.Cl. The number of nitrogens with zero attached hydrogens (tertiary/aromatic N) is 1. The molecule has 0 unspecified atom stereocenters. The lowest BCUT2D eigenvalue weighted by Gasteiger charge is -2.36. The minimum atomic E-state index is 0. The number of aryl methyl sites for hydroxylation is 1. The third kappa shape index (κ3) is 5.61. The molecule has 0 saturated carbocycles. The number of hydrogen-bond acceptors (Lipinski definition) is 2. The van der Waals surface area contributed by atoms with Gasteiger partial charge in [0.05, 0.1) is 0 Å². The second kappa shape index (κ2) is 10.7. The zero-order valence-electron chi connectivity index (χ0n) is 12.9. The van der Waals surface area contributed by atoms with Crippen molar-refractivity contribution in [2.75, 3.05) is 26.2 Å². The van der Waals surface area contributed by atoms with Gasteiger partial charge in [-0.1, -0.05) is 43.5 Å². The van der Waals surface area contributed by atoms with Crippen molar-refractivity contribution in [2.45, 2.75) is 39.2 Å². The van der Waals surface area contributed by atoms with Gasteiger partial charge < -0.3 is 5.32 Å². The predicted octanol–water partition coefficient (Wildman–Crippen LogP) is 4.63. The number of halogens is 3. The van der Waals surface area contributed by atoms with Crippen LogP contribution in [0.4, 0.5) is 0 Å². The van der Waals surface area contributed by atoms with E-state index in [0.29, 0.717) is 6.04 Å². The van der Waals surface area contributed by atoms with E-state index in [1.165, 1.54) is 30.4 Å². The highest BCUT2D eigenvalue weighted by molar-refractivity contribution is 6.31. The molecule has 0 aromatic heterocycles. The molecule has 1 aliphatic heterocycles. The number of rotatable bonds is 5. The molecule has 1 N–H and O–H groups in total. The molecule has 0 spiro atoms. The smallest absolute Gasteiger partial charge is 0.0456 e. The van der Waals surface area contributed by atoms with Crippen molar-refractivity contribution in [1.29, 1.82) is 0 Å². The van der Waals surface area contributed by atoms with Gasteiger partial charge >= 0.3 is 0 Å². The molecule has 1 aromatic carbocycles. The van der Waals surface area contributed by atoms with Crippen LogP contribution in [0, 0.1) is 6.92 Å². The van der Waals surface area contributed by atoms with Gasteiger partial charge in [0.25, 0.3) is 0 Å². The van der Waals surface area contributed by atoms with Crippen LogP contribution in [0.25, 0.3) is 0 Å². The van der Waals surface area contributed by atoms with Gasteiger partial charge in [0.1, 0.15) is 0 Å². The largest absolute Gasteiger partial charge is 0.314 e. The summed E-state index contributed by atoms with van der Waals surface area (Å²) in [6, 6.07) is 6.75. The first-order valence-corrected chi connectivity index (χ1v) is 7.81. The maximum Gasteiger partial charge on any atom is 0.0456 e. The fourth-order valence-corrected chi connectivity index (χ4v) is 3.32. The van der Waals surface area contributed by atoms with Crippen molar-refractivity contribution >= 4 is 36.4 Å². The molecule has 0 radical (unpaired) electrons. The summed E-state index contributed by atoms with van der Waals surface area (Å²) in [5.74, 6) is 0. The van der Waals surface area contributed by atoms with Crippen LogP contribution in [0.2, 0.25) is 5.02 Å². The summed E-state index contributed by atoms with van der Waals surface area (Å²) < 4.78 is 0. The zero-order valence-corrected chi connectivity index (χ0v) is 15.3. The Kier molecular flexibility index (Phi) is 10.7. The number of hydrogen-bond donors (Lipinski definition) is 1. The highest BCUT2D eigenvalue weighted by Gasteiger charge is 2.24. The summed E-state index contributed by atoms with van der Waals surface area (Å²) in [5.41, 5.74) is 2.67. The Bertz CT molecular complexity index is 386. The summed E-state index contributed by atoms with van der Waals surface area (Å²) in [7, 11) is 0. The van der Waals surface area contributed by atoms with E-state index in [-0.39, 0.29) is 24.8 Å². The van der Waals surface area contributed by atoms with Gasteiger partial charge in [-0.25, -0.2) is 0 Å². The first kappa shape index (κ1) is 21.0. The van der Waals surface area contributed by atoms with Crippen molar-refractivity contribution in [1.82, 2.24) is 10.2 Å². The number of unbranched alkanes of at least 4 members (excludes halogenated alkanes) is 1. The lowest BCUT2D eigenvalue weighted by molar-refractivity contribution is 0.163. The standard InChI is InChI=1S/C16H25ClN2.2ClH/c1-3-4-8-15(19-11-9-18-10-12-19)16-13(2)6-5-7-14(16)17;;/h5-7,15,18H,3-4,8-12H2,1-2H3;2*1H/t15-;;/m0../s1. The van der Waals surface area contributed by atoms with Gasteiger partial charge in [-0.15, -0.1) is 24.8 Å². The quantitative estimate of drug-likeness (QED) is 0.830. The Hall–Kier alpha value is 0.01000. The summed E-state index contributed by atoms with van der Waals surface area (Å²) in [6.45, 7) is 8.87. The normalized spacial score (nSPS) is 16.7. The van der Waals surface area contributed by atoms with Crippen molar-refractivity contribution in [3.05, 3.63) is 34.3 Å². The fourth-order valence-electron chi connectivity index (χ4n) is 2.97. The van der Waals surface area contributed by atoms with Gasteiger partial charge in [-0.3, -0.25) is 4.90 Å². The third-order valence-electron chi connectivity index (χ3n) is 4.03. The van der Waals surface area contributed by atoms with Crippen LogP contribution in [-0.4, -0.2) is 31.1 Å². The second-order valence-electron chi connectivity index (χ2n) is 5.41. The summed E-state index contributed by atoms with van der Waals surface area (Å²) in [4.78, 5) is 2.60. The van der Waals surface area contributed by atoms with Gasteiger partial charge in [-0.2, -0.15) is 0 Å². The van der Waals surface area contributed by atoms with E-state index in [0.717, 1.165) is 31.2 Å². The predicted molar refractivity (Wildman–Crippen MR) is 97.4 cm³/mol. The Morgan fingerprint density at radius 2 is 1.90 bits per heavy atom. The molecule has 122 valence electrons. The van der Waals surface area contributed by atoms with Crippen molar-refractivity contribution in [3.63, 3.8) is 0 Å². The van der Waals surface area contributed by atoms with E-state index in [1.54, 1.807) is 0 Å². The monoisotopic (exact) mass is 352 g/mol. The highest BCUT2D eigenvalue weighted by atomic mass is 35.5. The molecular weight excluding hydrogens is 327 g/mol. The second-order valence-corrected chi connectivity index (χ2v) is 5.82. The number of nitrogens with one attached hydrogen (secondary N) is 1. The van der Waals surface area contributed by atoms with Gasteiger partial charge in [-0.05, 0) is 30.5 Å². The molecular formula is C16H27Cl3N2. The molecule has 2 rings (SSSR count). The Morgan fingerprint density at radius 3 is 2.48 bits per heavy atom. The molecule has 1 aromatic rings. The molecule has 1 aliphatic rings. The Labute approximate surface area is 146 Å². The molecule has 1 atom stereocenters. The first-order chi connectivity index (χ1) is 9.24. The minimum absolute atomic E-state index is 0. The Balaban J connectivity index is 0.00000200. The van der Waals surface area contributed by atoms with E-state index < -0.39 is 0 Å². The first-order valence-electron chi connectivity index (χ1n) is 7.43. The average Bonchev–Trinajstić information content (AvgIpc) is 2.43. The van der Waals surface area contributed by atoms with Crippen molar-refractivity contribution in [3.8, 4) is 0 Å². The van der Waals surface area contributed by atoms with Crippen LogP contribution < -0.4 is 5.32 Å².